The molecule has 0 bridgehead atoms. The van der Waals surface area contributed by atoms with E-state index in [2.05, 4.69) is 15.8 Å². The molecule has 0 heterocycles. The summed E-state index contributed by atoms with van der Waals surface area (Å²) < 4.78 is 10.8. The van der Waals surface area contributed by atoms with Crippen molar-refractivity contribution in [2.24, 2.45) is 5.10 Å². The number of hydrogen-bond acceptors (Lipinski definition) is 6. The zero-order chi connectivity index (χ0) is 23.6. The molecule has 0 aliphatic rings. The minimum absolute atomic E-state index is 0.266. The van der Waals surface area contributed by atoms with Gasteiger partial charge in [0, 0.05) is 11.3 Å². The average molecular weight is 445 g/mol. The second kappa shape index (κ2) is 11.2. The standard InChI is InChI=1S/C25H23N3O5/c1-3-32-20-14-12-19(13-15-20)27-23(29)24(30)28-26-16-18-9-5-7-11-22(18)33-25(31)21-10-6-4-8-17(21)2/h4-16H,3H2,1-2H3,(H,27,29)(H,28,30)/b26-16+. The molecule has 168 valence electrons. The van der Waals surface area contributed by atoms with Crippen molar-refractivity contribution in [3.8, 4) is 11.5 Å². The molecule has 0 aliphatic carbocycles. The van der Waals surface area contributed by atoms with E-state index in [4.69, 9.17) is 9.47 Å². The fraction of sp³-hybridized carbons (Fsp3) is 0.120. The lowest BCUT2D eigenvalue weighted by Crippen LogP contribution is -2.32. The molecular weight excluding hydrogens is 422 g/mol. The zero-order valence-electron chi connectivity index (χ0n) is 18.2. The molecule has 0 spiro atoms. The average Bonchev–Trinajstić information content (AvgIpc) is 2.81. The van der Waals surface area contributed by atoms with Crippen LogP contribution >= 0.6 is 0 Å². The van der Waals surface area contributed by atoms with Crippen LogP contribution in [-0.2, 0) is 9.59 Å². The lowest BCUT2D eigenvalue weighted by Gasteiger charge is -2.09. The van der Waals surface area contributed by atoms with E-state index in [1.165, 1.54) is 6.21 Å². The van der Waals surface area contributed by atoms with Crippen molar-refractivity contribution in [1.82, 2.24) is 5.43 Å². The molecule has 0 atom stereocenters. The maximum Gasteiger partial charge on any atom is 0.343 e. The third-order valence-electron chi connectivity index (χ3n) is 4.49. The number of benzene rings is 3. The van der Waals surface area contributed by atoms with Crippen LogP contribution in [0, 0.1) is 6.92 Å². The molecule has 33 heavy (non-hydrogen) atoms. The smallest absolute Gasteiger partial charge is 0.343 e. The van der Waals surface area contributed by atoms with Crippen LogP contribution in [0.5, 0.6) is 11.5 Å². The van der Waals surface area contributed by atoms with E-state index in [0.29, 0.717) is 29.2 Å². The van der Waals surface area contributed by atoms with Crippen LogP contribution in [0.3, 0.4) is 0 Å². The van der Waals surface area contributed by atoms with Crippen LogP contribution in [0.1, 0.15) is 28.4 Å². The second-order valence-electron chi connectivity index (χ2n) is 6.85. The maximum atomic E-state index is 12.5. The number of rotatable bonds is 7. The summed E-state index contributed by atoms with van der Waals surface area (Å²) in [7, 11) is 0. The number of aryl methyl sites for hydroxylation is 1. The van der Waals surface area contributed by atoms with Gasteiger partial charge in [-0.25, -0.2) is 10.2 Å². The number of ether oxygens (including phenoxy) is 2. The molecule has 2 N–H and O–H groups in total. The van der Waals surface area contributed by atoms with Crippen molar-refractivity contribution in [3.05, 3.63) is 89.5 Å². The van der Waals surface area contributed by atoms with Crippen LogP contribution < -0.4 is 20.2 Å². The van der Waals surface area contributed by atoms with E-state index in [0.717, 1.165) is 5.56 Å². The first-order valence-electron chi connectivity index (χ1n) is 10.2. The molecular formula is C25H23N3O5. The van der Waals surface area contributed by atoms with E-state index in [9.17, 15) is 14.4 Å². The van der Waals surface area contributed by atoms with E-state index in [1.807, 2.05) is 26.0 Å². The maximum absolute atomic E-state index is 12.5. The Balaban J connectivity index is 1.59. The number of nitrogens with one attached hydrogen (secondary N) is 2. The summed E-state index contributed by atoms with van der Waals surface area (Å²) >= 11 is 0. The highest BCUT2D eigenvalue weighted by atomic mass is 16.5. The second-order valence-corrected chi connectivity index (χ2v) is 6.85. The summed E-state index contributed by atoms with van der Waals surface area (Å²) in [6.45, 7) is 4.21. The Morgan fingerprint density at radius 3 is 2.33 bits per heavy atom. The van der Waals surface area contributed by atoms with Crippen molar-refractivity contribution >= 4 is 29.7 Å². The van der Waals surface area contributed by atoms with E-state index in [-0.39, 0.29) is 5.75 Å². The van der Waals surface area contributed by atoms with Crippen molar-refractivity contribution in [1.29, 1.82) is 0 Å². The van der Waals surface area contributed by atoms with Crippen LogP contribution in [0.2, 0.25) is 0 Å². The Labute approximate surface area is 191 Å². The third kappa shape index (κ3) is 6.51. The molecule has 2 amide bonds. The fourth-order valence-corrected chi connectivity index (χ4v) is 2.84. The molecule has 3 aromatic rings. The van der Waals surface area contributed by atoms with Gasteiger partial charge >= 0.3 is 17.8 Å². The third-order valence-corrected chi connectivity index (χ3v) is 4.49. The van der Waals surface area contributed by atoms with Gasteiger partial charge in [-0.15, -0.1) is 0 Å². The van der Waals surface area contributed by atoms with E-state index < -0.39 is 17.8 Å². The summed E-state index contributed by atoms with van der Waals surface area (Å²) in [5, 5.41) is 6.28. The van der Waals surface area contributed by atoms with Gasteiger partial charge < -0.3 is 14.8 Å². The van der Waals surface area contributed by atoms with Crippen LogP contribution in [0.4, 0.5) is 5.69 Å². The summed E-state index contributed by atoms with van der Waals surface area (Å²) in [6.07, 6.45) is 1.29. The van der Waals surface area contributed by atoms with Crippen LogP contribution in [0.25, 0.3) is 0 Å². The molecule has 3 rings (SSSR count). The van der Waals surface area contributed by atoms with Gasteiger partial charge in [0.25, 0.3) is 0 Å². The first kappa shape index (κ1) is 23.2. The monoisotopic (exact) mass is 445 g/mol. The molecule has 0 unspecified atom stereocenters. The number of carbonyl (C=O) groups is 3. The number of hydrazone groups is 1. The van der Waals surface area contributed by atoms with Crippen molar-refractivity contribution in [2.75, 3.05) is 11.9 Å². The summed E-state index contributed by atoms with van der Waals surface area (Å²) in [6, 6.07) is 20.4. The van der Waals surface area contributed by atoms with Gasteiger partial charge in [-0.2, -0.15) is 5.10 Å². The highest BCUT2D eigenvalue weighted by molar-refractivity contribution is 6.39. The highest BCUT2D eigenvalue weighted by Gasteiger charge is 2.14. The Bertz CT molecular complexity index is 1170. The minimum atomic E-state index is -0.950. The predicted molar refractivity (Wildman–Crippen MR) is 125 cm³/mol. The van der Waals surface area contributed by atoms with Crippen molar-refractivity contribution in [3.63, 3.8) is 0 Å². The molecule has 0 aliphatic heterocycles. The Morgan fingerprint density at radius 1 is 0.909 bits per heavy atom. The number of carbonyl (C=O) groups excluding carboxylic acids is 3. The van der Waals surface area contributed by atoms with Gasteiger partial charge in [0.05, 0.1) is 18.4 Å². The Morgan fingerprint density at radius 2 is 1.61 bits per heavy atom. The van der Waals surface area contributed by atoms with Gasteiger partial charge in [-0.1, -0.05) is 30.3 Å². The molecule has 0 radical (unpaired) electrons. The van der Waals surface area contributed by atoms with Gasteiger partial charge in [0.15, 0.2) is 0 Å². The Hall–Kier alpha value is -4.46. The van der Waals surface area contributed by atoms with E-state index in [1.54, 1.807) is 60.7 Å². The topological polar surface area (TPSA) is 106 Å². The lowest BCUT2D eigenvalue weighted by atomic mass is 10.1. The number of para-hydroxylation sites is 1. The molecule has 8 nitrogen and oxygen atoms in total. The molecule has 0 aromatic heterocycles. The number of anilines is 1. The quantitative estimate of drug-likeness (QED) is 0.190. The van der Waals surface area contributed by atoms with Crippen LogP contribution in [0.15, 0.2) is 77.9 Å². The lowest BCUT2D eigenvalue weighted by molar-refractivity contribution is -0.136. The molecule has 0 saturated heterocycles. The summed E-state index contributed by atoms with van der Waals surface area (Å²) in [4.78, 5) is 36.6. The first-order chi connectivity index (χ1) is 16.0. The van der Waals surface area contributed by atoms with Gasteiger partial charge in [-0.3, -0.25) is 9.59 Å². The first-order valence-corrected chi connectivity index (χ1v) is 10.2. The summed E-state index contributed by atoms with van der Waals surface area (Å²) in [5.74, 6) is -1.41. The fourth-order valence-electron chi connectivity index (χ4n) is 2.84. The number of amides is 2. The van der Waals surface area contributed by atoms with Gasteiger partial charge in [0.2, 0.25) is 0 Å². The zero-order valence-corrected chi connectivity index (χ0v) is 18.2. The SMILES string of the molecule is CCOc1ccc(NC(=O)C(=O)N/N=C/c2ccccc2OC(=O)c2ccccc2C)cc1. The minimum Gasteiger partial charge on any atom is -0.494 e. The largest absolute Gasteiger partial charge is 0.494 e. The molecule has 8 heteroatoms. The van der Waals surface area contributed by atoms with Gasteiger partial charge in [-0.05, 0) is 61.9 Å². The molecule has 3 aromatic carbocycles. The van der Waals surface area contributed by atoms with Gasteiger partial charge in [0.1, 0.15) is 11.5 Å². The predicted octanol–water partition coefficient (Wildman–Crippen LogP) is 3.70. The molecule has 0 saturated carbocycles. The van der Waals surface area contributed by atoms with E-state index >= 15 is 0 Å². The highest BCUT2D eigenvalue weighted by Crippen LogP contribution is 2.19. The Kier molecular flexibility index (Phi) is 7.91. The number of nitrogens with zero attached hydrogens (tertiary/aromatic N) is 1. The number of esters is 1. The van der Waals surface area contributed by atoms with Crippen molar-refractivity contribution in [2.45, 2.75) is 13.8 Å². The normalized spacial score (nSPS) is 10.5. The molecule has 0 fully saturated rings. The number of hydrogen-bond donors (Lipinski definition) is 2. The van der Waals surface area contributed by atoms with Crippen molar-refractivity contribution < 1.29 is 23.9 Å². The van der Waals surface area contributed by atoms with Crippen LogP contribution in [-0.4, -0.2) is 30.6 Å². The summed E-state index contributed by atoms with van der Waals surface area (Å²) in [5.41, 5.74) is 4.29.